The van der Waals surface area contributed by atoms with Gasteiger partial charge in [-0.2, -0.15) is 0 Å². The second-order valence-corrected chi connectivity index (χ2v) is 5.79. The van der Waals surface area contributed by atoms with Crippen molar-refractivity contribution >= 4 is 17.9 Å². The van der Waals surface area contributed by atoms with Gasteiger partial charge in [-0.3, -0.25) is 4.90 Å². The summed E-state index contributed by atoms with van der Waals surface area (Å²) in [5.41, 5.74) is 0. The molecule has 0 amide bonds. The molecule has 0 saturated carbocycles. The summed E-state index contributed by atoms with van der Waals surface area (Å²) >= 11 is 0. The monoisotopic (exact) mass is 443 g/mol. The molecule has 0 N–H and O–H groups in total. The lowest BCUT2D eigenvalue weighted by Gasteiger charge is -2.22. The minimum absolute atomic E-state index is 0.157. The first-order valence-electron chi connectivity index (χ1n) is 9.86. The Bertz CT molecular complexity index is 475. The van der Waals surface area contributed by atoms with E-state index in [4.69, 9.17) is 28.4 Å². The first-order valence-corrected chi connectivity index (χ1v) is 9.86. The third kappa shape index (κ3) is 19.2. The van der Waals surface area contributed by atoms with Crippen molar-refractivity contribution < 1.29 is 42.8 Å². The second-order valence-electron chi connectivity index (χ2n) is 5.79. The van der Waals surface area contributed by atoms with Gasteiger partial charge in [0.1, 0.15) is 19.8 Å². The van der Waals surface area contributed by atoms with Gasteiger partial charge in [-0.05, 0) is 0 Å². The van der Waals surface area contributed by atoms with Gasteiger partial charge in [0.2, 0.25) is 0 Å². The van der Waals surface area contributed by atoms with Gasteiger partial charge in [0.05, 0.1) is 39.6 Å². The molecule has 0 aromatic rings. The molecule has 0 aromatic heterocycles. The van der Waals surface area contributed by atoms with E-state index < -0.39 is 17.9 Å². The molecule has 10 heteroatoms. The highest BCUT2D eigenvalue weighted by molar-refractivity contribution is 5.81. The van der Waals surface area contributed by atoms with E-state index in [-0.39, 0.29) is 39.6 Å². The molecule has 0 heterocycles. The van der Waals surface area contributed by atoms with Crippen LogP contribution in [-0.2, 0) is 42.8 Å². The Balaban J connectivity index is 4.04. The van der Waals surface area contributed by atoms with Crippen LogP contribution in [0.2, 0.25) is 0 Å². The number of esters is 3. The fraction of sp³-hybridized carbons (Fsp3) is 0.571. The van der Waals surface area contributed by atoms with Crippen LogP contribution in [0.15, 0.2) is 38.0 Å². The quantitative estimate of drug-likeness (QED) is 0.108. The molecule has 0 spiro atoms. The van der Waals surface area contributed by atoms with Gasteiger partial charge in [0.15, 0.2) is 0 Å². The number of nitrogens with zero attached hydrogens (tertiary/aromatic N) is 1. The van der Waals surface area contributed by atoms with Crippen molar-refractivity contribution in [2.45, 2.75) is 0 Å². The zero-order valence-electron chi connectivity index (χ0n) is 18.0. The van der Waals surface area contributed by atoms with Gasteiger partial charge in [-0.1, -0.05) is 19.7 Å². The molecule has 0 radical (unpaired) electrons. The highest BCUT2D eigenvalue weighted by Crippen LogP contribution is 1.93. The topological polar surface area (TPSA) is 110 Å². The van der Waals surface area contributed by atoms with Crippen molar-refractivity contribution in [3.63, 3.8) is 0 Å². The van der Waals surface area contributed by atoms with Gasteiger partial charge in [-0.15, -0.1) is 0 Å². The Morgan fingerprint density at radius 2 is 0.806 bits per heavy atom. The smallest absolute Gasteiger partial charge is 0.330 e. The van der Waals surface area contributed by atoms with E-state index in [9.17, 15) is 14.4 Å². The maximum Gasteiger partial charge on any atom is 0.330 e. The van der Waals surface area contributed by atoms with E-state index in [2.05, 4.69) is 24.6 Å². The van der Waals surface area contributed by atoms with Crippen molar-refractivity contribution in [1.29, 1.82) is 0 Å². The molecule has 0 aliphatic heterocycles. The zero-order valence-corrected chi connectivity index (χ0v) is 18.0. The van der Waals surface area contributed by atoms with E-state index in [1.54, 1.807) is 0 Å². The minimum atomic E-state index is -0.489. The largest absolute Gasteiger partial charge is 0.460 e. The molecule has 0 aliphatic carbocycles. The van der Waals surface area contributed by atoms with Crippen molar-refractivity contribution in [1.82, 2.24) is 4.90 Å². The second kappa shape index (κ2) is 20.7. The van der Waals surface area contributed by atoms with Crippen LogP contribution in [0, 0.1) is 0 Å². The van der Waals surface area contributed by atoms with Crippen LogP contribution in [0.1, 0.15) is 0 Å². The summed E-state index contributed by atoms with van der Waals surface area (Å²) < 4.78 is 30.9. The number of rotatable bonds is 21. The summed E-state index contributed by atoms with van der Waals surface area (Å²) in [6.07, 6.45) is 3.29. The van der Waals surface area contributed by atoms with Crippen molar-refractivity contribution in [3.05, 3.63) is 38.0 Å². The van der Waals surface area contributed by atoms with Crippen LogP contribution < -0.4 is 0 Å². The zero-order chi connectivity index (χ0) is 23.2. The normalized spacial score (nSPS) is 10.4. The van der Waals surface area contributed by atoms with Crippen LogP contribution in [-0.4, -0.2) is 102 Å². The molecular weight excluding hydrogens is 410 g/mol. The Labute approximate surface area is 183 Å². The Hall–Kier alpha value is -2.53. The van der Waals surface area contributed by atoms with Gasteiger partial charge < -0.3 is 28.4 Å². The maximum absolute atomic E-state index is 11.0. The summed E-state index contributed by atoms with van der Waals surface area (Å²) in [5.74, 6) is -1.47. The number of carbonyl (C=O) groups is 3. The van der Waals surface area contributed by atoms with Gasteiger partial charge >= 0.3 is 17.9 Å². The average molecular weight is 443 g/mol. The first kappa shape index (κ1) is 28.5. The maximum atomic E-state index is 11.0. The van der Waals surface area contributed by atoms with Crippen LogP contribution in [0.5, 0.6) is 0 Å². The number of carbonyl (C=O) groups excluding carboxylic acids is 3. The van der Waals surface area contributed by atoms with Crippen molar-refractivity contribution in [3.8, 4) is 0 Å². The lowest BCUT2D eigenvalue weighted by Crippen LogP contribution is -2.34. The van der Waals surface area contributed by atoms with Crippen LogP contribution in [0.25, 0.3) is 0 Å². The predicted octanol–water partition coefficient (Wildman–Crippen LogP) is 0.526. The third-order valence-corrected chi connectivity index (χ3v) is 3.57. The lowest BCUT2D eigenvalue weighted by atomic mass is 10.4. The molecule has 0 fully saturated rings. The molecule has 0 aliphatic rings. The van der Waals surface area contributed by atoms with Gasteiger partial charge in [0, 0.05) is 37.9 Å². The number of hydrogen-bond acceptors (Lipinski definition) is 10. The molecule has 0 aromatic carbocycles. The Morgan fingerprint density at radius 1 is 0.516 bits per heavy atom. The van der Waals surface area contributed by atoms with Gasteiger partial charge in [0.25, 0.3) is 0 Å². The minimum Gasteiger partial charge on any atom is -0.460 e. The van der Waals surface area contributed by atoms with E-state index >= 15 is 0 Å². The molecule has 10 nitrogen and oxygen atoms in total. The molecule has 0 unspecified atom stereocenters. The summed E-state index contributed by atoms with van der Waals surface area (Å²) in [4.78, 5) is 34.9. The van der Waals surface area contributed by atoms with E-state index in [0.29, 0.717) is 39.5 Å². The highest BCUT2D eigenvalue weighted by atomic mass is 16.6. The Morgan fingerprint density at radius 3 is 1.06 bits per heavy atom. The van der Waals surface area contributed by atoms with Crippen molar-refractivity contribution in [2.75, 3.05) is 79.1 Å². The predicted molar refractivity (Wildman–Crippen MR) is 112 cm³/mol. The molecule has 0 bridgehead atoms. The number of hydrogen-bond donors (Lipinski definition) is 0. The summed E-state index contributed by atoms with van der Waals surface area (Å²) in [6.45, 7) is 14.4. The Kier molecular flexibility index (Phi) is 19.0. The van der Waals surface area contributed by atoms with Crippen LogP contribution >= 0.6 is 0 Å². The molecule has 31 heavy (non-hydrogen) atoms. The van der Waals surface area contributed by atoms with Crippen molar-refractivity contribution in [2.24, 2.45) is 0 Å². The first-order chi connectivity index (χ1) is 15.0. The average Bonchev–Trinajstić information content (AvgIpc) is 2.78. The van der Waals surface area contributed by atoms with E-state index in [0.717, 1.165) is 18.2 Å². The van der Waals surface area contributed by atoms with E-state index in [1.165, 1.54) is 0 Å². The molecular formula is C21H33NO9. The molecule has 0 saturated heterocycles. The summed E-state index contributed by atoms with van der Waals surface area (Å²) in [5, 5.41) is 0. The summed E-state index contributed by atoms with van der Waals surface area (Å²) in [7, 11) is 0. The fourth-order valence-electron chi connectivity index (χ4n) is 2.00. The van der Waals surface area contributed by atoms with Crippen LogP contribution in [0.3, 0.4) is 0 Å². The lowest BCUT2D eigenvalue weighted by molar-refractivity contribution is -0.140. The molecule has 176 valence electrons. The highest BCUT2D eigenvalue weighted by Gasteiger charge is 2.06. The SMILES string of the molecule is C=CC(=O)OCCOCCN(CCOCCOC(=O)C=C)CCOCCOC(=O)C=C. The van der Waals surface area contributed by atoms with E-state index in [1.807, 2.05) is 0 Å². The molecule has 0 rings (SSSR count). The fourth-order valence-corrected chi connectivity index (χ4v) is 2.00. The van der Waals surface area contributed by atoms with Gasteiger partial charge in [-0.25, -0.2) is 14.4 Å². The molecule has 0 atom stereocenters. The number of ether oxygens (including phenoxy) is 6. The standard InChI is InChI=1S/C21H33NO9/c1-4-19(23)29-16-13-26-10-7-22(8-11-27-14-17-30-20(24)5-2)9-12-28-15-18-31-21(25)6-3/h4-6H,1-3,7-18H2. The summed E-state index contributed by atoms with van der Waals surface area (Å²) in [6, 6.07) is 0. The van der Waals surface area contributed by atoms with Crippen LogP contribution in [0.4, 0.5) is 0 Å². The third-order valence-electron chi connectivity index (χ3n) is 3.57.